The normalized spacial score (nSPS) is 11.3. The minimum atomic E-state index is -3.70. The van der Waals surface area contributed by atoms with Crippen molar-refractivity contribution in [1.29, 1.82) is 0 Å². The standard InChI is InChI=1S/C12H14N2O3S2/c1-8-6-9(2)11(17-3)10(7-8)19(15,16)14-12-13-4-5-18-12/h4-7H,1-3H3,(H,13,14). The predicted molar refractivity (Wildman–Crippen MR) is 75.4 cm³/mol. The average Bonchev–Trinajstić information content (AvgIpc) is 2.80. The molecule has 2 aromatic rings. The van der Waals surface area contributed by atoms with E-state index in [-0.39, 0.29) is 4.90 Å². The molecule has 0 unspecified atom stereocenters. The van der Waals surface area contributed by atoms with Gasteiger partial charge in [-0.15, -0.1) is 11.3 Å². The van der Waals surface area contributed by atoms with Crippen molar-refractivity contribution in [1.82, 2.24) is 4.98 Å². The van der Waals surface area contributed by atoms with Crippen LogP contribution in [0, 0.1) is 13.8 Å². The highest BCUT2D eigenvalue weighted by molar-refractivity contribution is 7.93. The van der Waals surface area contributed by atoms with E-state index in [0.29, 0.717) is 10.9 Å². The second-order valence-electron chi connectivity index (χ2n) is 4.06. The van der Waals surface area contributed by atoms with Crippen LogP contribution in [0.15, 0.2) is 28.6 Å². The molecule has 0 aliphatic carbocycles. The topological polar surface area (TPSA) is 68.3 Å². The number of anilines is 1. The van der Waals surface area contributed by atoms with Crippen molar-refractivity contribution >= 4 is 26.5 Å². The molecule has 1 N–H and O–H groups in total. The molecule has 0 radical (unpaired) electrons. The Labute approximate surface area is 116 Å². The molecule has 0 saturated heterocycles. The van der Waals surface area contributed by atoms with Crippen LogP contribution in [0.1, 0.15) is 11.1 Å². The molecule has 0 aliphatic rings. The quantitative estimate of drug-likeness (QED) is 0.942. The molecule has 1 heterocycles. The maximum absolute atomic E-state index is 12.4. The summed E-state index contributed by atoms with van der Waals surface area (Å²) in [7, 11) is -2.24. The van der Waals surface area contributed by atoms with E-state index in [1.807, 2.05) is 19.9 Å². The van der Waals surface area contributed by atoms with Crippen LogP contribution in [0.2, 0.25) is 0 Å². The van der Waals surface area contributed by atoms with E-state index in [4.69, 9.17) is 4.74 Å². The monoisotopic (exact) mass is 298 g/mol. The average molecular weight is 298 g/mol. The summed E-state index contributed by atoms with van der Waals surface area (Å²) >= 11 is 1.22. The third kappa shape index (κ3) is 2.87. The highest BCUT2D eigenvalue weighted by atomic mass is 32.2. The van der Waals surface area contributed by atoms with Crippen LogP contribution >= 0.6 is 11.3 Å². The van der Waals surface area contributed by atoms with Crippen molar-refractivity contribution in [2.24, 2.45) is 0 Å². The molecule has 2 rings (SSSR count). The first-order valence-electron chi connectivity index (χ1n) is 5.51. The van der Waals surface area contributed by atoms with Gasteiger partial charge in [0.25, 0.3) is 10.0 Å². The van der Waals surface area contributed by atoms with Crippen LogP contribution < -0.4 is 9.46 Å². The van der Waals surface area contributed by atoms with Gasteiger partial charge in [0.2, 0.25) is 0 Å². The molecule has 0 amide bonds. The van der Waals surface area contributed by atoms with Crippen molar-refractivity contribution in [2.75, 3.05) is 11.8 Å². The molecular weight excluding hydrogens is 284 g/mol. The number of benzene rings is 1. The van der Waals surface area contributed by atoms with Gasteiger partial charge in [0.1, 0.15) is 10.6 Å². The molecule has 5 nitrogen and oxygen atoms in total. The van der Waals surface area contributed by atoms with E-state index in [2.05, 4.69) is 9.71 Å². The first-order valence-corrected chi connectivity index (χ1v) is 7.88. The zero-order valence-corrected chi connectivity index (χ0v) is 12.4. The molecule has 0 aliphatic heterocycles. The number of aromatic nitrogens is 1. The Morgan fingerprint density at radius 3 is 2.63 bits per heavy atom. The summed E-state index contributed by atoms with van der Waals surface area (Å²) in [5, 5.41) is 2.04. The number of methoxy groups -OCH3 is 1. The minimum Gasteiger partial charge on any atom is -0.495 e. The molecule has 0 spiro atoms. The summed E-state index contributed by atoms with van der Waals surface area (Å²) in [5.74, 6) is 0.356. The van der Waals surface area contributed by atoms with E-state index in [0.717, 1.165) is 11.1 Å². The van der Waals surface area contributed by atoms with E-state index < -0.39 is 10.0 Å². The number of nitrogens with one attached hydrogen (secondary N) is 1. The molecule has 1 aromatic carbocycles. The van der Waals surface area contributed by atoms with Crippen LogP contribution in [0.25, 0.3) is 0 Å². The van der Waals surface area contributed by atoms with E-state index in [1.165, 1.54) is 18.4 Å². The van der Waals surface area contributed by atoms with Gasteiger partial charge in [-0.3, -0.25) is 4.72 Å². The summed E-state index contributed by atoms with van der Waals surface area (Å²) in [4.78, 5) is 4.04. The number of ether oxygens (including phenoxy) is 1. The Morgan fingerprint density at radius 2 is 2.05 bits per heavy atom. The molecule has 0 fully saturated rings. The Morgan fingerprint density at radius 1 is 1.32 bits per heavy atom. The van der Waals surface area contributed by atoms with E-state index in [9.17, 15) is 8.42 Å². The number of sulfonamides is 1. The number of rotatable bonds is 4. The third-order valence-corrected chi connectivity index (χ3v) is 4.69. The van der Waals surface area contributed by atoms with Gasteiger partial charge in [-0.2, -0.15) is 0 Å². The van der Waals surface area contributed by atoms with Crippen LogP contribution in [0.4, 0.5) is 5.13 Å². The highest BCUT2D eigenvalue weighted by Crippen LogP contribution is 2.30. The lowest BCUT2D eigenvalue weighted by Crippen LogP contribution is -2.14. The Balaban J connectivity index is 2.51. The number of aryl methyl sites for hydroxylation is 2. The second-order valence-corrected chi connectivity index (χ2v) is 6.60. The first kappa shape index (κ1) is 13.8. The maximum atomic E-state index is 12.4. The lowest BCUT2D eigenvalue weighted by molar-refractivity contribution is 0.399. The first-order chi connectivity index (χ1) is 8.94. The fourth-order valence-corrected chi connectivity index (χ4v) is 3.94. The lowest BCUT2D eigenvalue weighted by Gasteiger charge is -2.13. The van der Waals surface area contributed by atoms with Gasteiger partial charge in [0, 0.05) is 11.6 Å². The van der Waals surface area contributed by atoms with Crippen LogP contribution in [0.3, 0.4) is 0 Å². The Kier molecular flexibility index (Phi) is 3.77. The summed E-state index contributed by atoms with van der Waals surface area (Å²) < 4.78 is 32.4. The Hall–Kier alpha value is -1.60. The molecule has 102 valence electrons. The fourth-order valence-electron chi connectivity index (χ4n) is 1.82. The van der Waals surface area contributed by atoms with E-state index >= 15 is 0 Å². The molecule has 0 saturated carbocycles. The highest BCUT2D eigenvalue weighted by Gasteiger charge is 2.22. The van der Waals surface area contributed by atoms with Crippen molar-refractivity contribution in [3.8, 4) is 5.75 Å². The van der Waals surface area contributed by atoms with Crippen molar-refractivity contribution < 1.29 is 13.2 Å². The van der Waals surface area contributed by atoms with Crippen molar-refractivity contribution in [3.05, 3.63) is 34.8 Å². The summed E-state index contributed by atoms with van der Waals surface area (Å²) in [5.41, 5.74) is 1.64. The summed E-state index contributed by atoms with van der Waals surface area (Å²) in [6.45, 7) is 3.66. The van der Waals surface area contributed by atoms with Crippen molar-refractivity contribution in [3.63, 3.8) is 0 Å². The summed E-state index contributed by atoms with van der Waals surface area (Å²) in [6, 6.07) is 3.46. The predicted octanol–water partition coefficient (Wildman–Crippen LogP) is 2.57. The van der Waals surface area contributed by atoms with Gasteiger partial charge in [-0.1, -0.05) is 6.07 Å². The number of nitrogens with zero attached hydrogens (tertiary/aromatic N) is 1. The molecule has 7 heteroatoms. The molecule has 0 atom stereocenters. The van der Waals surface area contributed by atoms with Gasteiger partial charge in [0.15, 0.2) is 5.13 Å². The molecule has 0 bridgehead atoms. The van der Waals surface area contributed by atoms with Gasteiger partial charge in [-0.25, -0.2) is 13.4 Å². The van der Waals surface area contributed by atoms with Gasteiger partial charge in [0.05, 0.1) is 7.11 Å². The minimum absolute atomic E-state index is 0.128. The third-order valence-electron chi connectivity index (χ3n) is 2.53. The summed E-state index contributed by atoms with van der Waals surface area (Å²) in [6.07, 6.45) is 1.54. The second kappa shape index (κ2) is 5.18. The maximum Gasteiger partial charge on any atom is 0.267 e. The zero-order chi connectivity index (χ0) is 14.0. The van der Waals surface area contributed by atoms with Gasteiger partial charge < -0.3 is 4.74 Å². The number of hydrogen-bond acceptors (Lipinski definition) is 5. The SMILES string of the molecule is COc1c(C)cc(C)cc1S(=O)(=O)Nc1nccs1. The Bertz CT molecular complexity index is 679. The van der Waals surface area contributed by atoms with E-state index in [1.54, 1.807) is 17.6 Å². The van der Waals surface area contributed by atoms with Crippen LogP contribution in [-0.4, -0.2) is 20.5 Å². The largest absolute Gasteiger partial charge is 0.495 e. The molecule has 1 aromatic heterocycles. The lowest BCUT2D eigenvalue weighted by atomic mass is 10.1. The molecular formula is C12H14N2O3S2. The van der Waals surface area contributed by atoms with Crippen LogP contribution in [-0.2, 0) is 10.0 Å². The smallest absolute Gasteiger partial charge is 0.267 e. The van der Waals surface area contributed by atoms with Gasteiger partial charge >= 0.3 is 0 Å². The van der Waals surface area contributed by atoms with Crippen molar-refractivity contribution in [2.45, 2.75) is 18.7 Å². The van der Waals surface area contributed by atoms with Gasteiger partial charge in [-0.05, 0) is 31.0 Å². The number of hydrogen-bond donors (Lipinski definition) is 1. The number of thiazole rings is 1. The zero-order valence-electron chi connectivity index (χ0n) is 10.8. The fraction of sp³-hybridized carbons (Fsp3) is 0.250. The van der Waals surface area contributed by atoms with Crippen LogP contribution in [0.5, 0.6) is 5.75 Å². The molecule has 19 heavy (non-hydrogen) atoms.